The highest BCUT2D eigenvalue weighted by molar-refractivity contribution is 6.30. The van der Waals surface area contributed by atoms with Gasteiger partial charge in [0.1, 0.15) is 5.52 Å². The van der Waals surface area contributed by atoms with Crippen molar-refractivity contribution in [3.63, 3.8) is 0 Å². The van der Waals surface area contributed by atoms with Crippen molar-refractivity contribution in [3.05, 3.63) is 53.1 Å². The topological polar surface area (TPSA) is 26.0 Å². The predicted molar refractivity (Wildman–Crippen MR) is 83.2 cm³/mol. The molecule has 1 aromatic heterocycles. The van der Waals surface area contributed by atoms with Crippen molar-refractivity contribution in [1.82, 2.24) is 4.98 Å². The summed E-state index contributed by atoms with van der Waals surface area (Å²) in [5.41, 5.74) is 3.99. The lowest BCUT2D eigenvalue weighted by Crippen LogP contribution is -2.10. The fraction of sp³-hybridized carbons (Fsp3) is 0.235. The molecule has 0 aliphatic carbocycles. The molecule has 3 heteroatoms. The molecule has 0 saturated carbocycles. The van der Waals surface area contributed by atoms with Gasteiger partial charge >= 0.3 is 0 Å². The standard InChI is InChI=1S/C17H16ClNO/c1-17(2,3)12-6-9-15-14(10-12)19-16(20-15)11-4-7-13(18)8-5-11/h4-10H,1-3H3. The molecule has 0 fully saturated rings. The van der Waals surface area contributed by atoms with E-state index in [1.54, 1.807) is 0 Å². The third-order valence-corrected chi connectivity index (χ3v) is 3.60. The van der Waals surface area contributed by atoms with Crippen LogP contribution in [0, 0.1) is 0 Å². The van der Waals surface area contributed by atoms with Gasteiger partial charge in [0.05, 0.1) is 0 Å². The molecule has 3 aromatic rings. The maximum Gasteiger partial charge on any atom is 0.227 e. The Morgan fingerprint density at radius 3 is 2.35 bits per heavy atom. The average molecular weight is 286 g/mol. The SMILES string of the molecule is CC(C)(C)c1ccc2oc(-c3ccc(Cl)cc3)nc2c1. The Balaban J connectivity index is 2.09. The van der Waals surface area contributed by atoms with Gasteiger partial charge in [0.2, 0.25) is 5.89 Å². The quantitative estimate of drug-likeness (QED) is 0.594. The molecule has 102 valence electrons. The second kappa shape index (κ2) is 4.64. The minimum absolute atomic E-state index is 0.105. The summed E-state index contributed by atoms with van der Waals surface area (Å²) in [7, 11) is 0. The van der Waals surface area contributed by atoms with Crippen LogP contribution in [0.3, 0.4) is 0 Å². The molecule has 0 bridgehead atoms. The van der Waals surface area contributed by atoms with Gasteiger partial charge in [0, 0.05) is 10.6 Å². The Bertz CT molecular complexity index is 751. The summed E-state index contributed by atoms with van der Waals surface area (Å²) < 4.78 is 5.81. The van der Waals surface area contributed by atoms with Crippen molar-refractivity contribution < 1.29 is 4.42 Å². The molecular weight excluding hydrogens is 270 g/mol. The molecular formula is C17H16ClNO. The van der Waals surface area contributed by atoms with Gasteiger partial charge in [-0.15, -0.1) is 0 Å². The fourth-order valence-corrected chi connectivity index (χ4v) is 2.24. The fourth-order valence-electron chi connectivity index (χ4n) is 2.11. The number of nitrogens with zero attached hydrogens (tertiary/aromatic N) is 1. The molecule has 0 amide bonds. The lowest BCUT2D eigenvalue weighted by molar-refractivity contribution is 0.590. The zero-order valence-corrected chi connectivity index (χ0v) is 12.5. The number of rotatable bonds is 1. The van der Waals surface area contributed by atoms with Crippen LogP contribution in [-0.2, 0) is 5.41 Å². The molecule has 0 spiro atoms. The summed E-state index contributed by atoms with van der Waals surface area (Å²) in [6.07, 6.45) is 0. The Hall–Kier alpha value is -1.80. The highest BCUT2D eigenvalue weighted by Crippen LogP contribution is 2.29. The number of oxazole rings is 1. The highest BCUT2D eigenvalue weighted by atomic mass is 35.5. The predicted octanol–water partition coefficient (Wildman–Crippen LogP) is 5.45. The number of aromatic nitrogens is 1. The maximum atomic E-state index is 5.90. The third-order valence-electron chi connectivity index (χ3n) is 3.34. The van der Waals surface area contributed by atoms with Crippen LogP contribution in [0.1, 0.15) is 26.3 Å². The molecule has 20 heavy (non-hydrogen) atoms. The summed E-state index contributed by atoms with van der Waals surface area (Å²) in [6.45, 7) is 6.57. The molecule has 0 aliphatic heterocycles. The van der Waals surface area contributed by atoms with E-state index in [1.807, 2.05) is 30.3 Å². The minimum Gasteiger partial charge on any atom is -0.436 e. The van der Waals surface area contributed by atoms with Gasteiger partial charge in [0.15, 0.2) is 5.58 Å². The van der Waals surface area contributed by atoms with Gasteiger partial charge in [-0.3, -0.25) is 0 Å². The Morgan fingerprint density at radius 1 is 1.00 bits per heavy atom. The van der Waals surface area contributed by atoms with Gasteiger partial charge in [-0.2, -0.15) is 0 Å². The first-order chi connectivity index (χ1) is 9.43. The van der Waals surface area contributed by atoms with Gasteiger partial charge < -0.3 is 4.42 Å². The number of hydrogen-bond acceptors (Lipinski definition) is 2. The summed E-state index contributed by atoms with van der Waals surface area (Å²) >= 11 is 5.90. The number of benzene rings is 2. The molecule has 2 nitrogen and oxygen atoms in total. The second-order valence-electron chi connectivity index (χ2n) is 5.96. The van der Waals surface area contributed by atoms with Crippen LogP contribution >= 0.6 is 11.6 Å². The first-order valence-corrected chi connectivity index (χ1v) is 6.98. The molecule has 2 aromatic carbocycles. The van der Waals surface area contributed by atoms with E-state index in [-0.39, 0.29) is 5.41 Å². The lowest BCUT2D eigenvalue weighted by Gasteiger charge is -2.18. The molecule has 0 aliphatic rings. The lowest BCUT2D eigenvalue weighted by atomic mass is 9.87. The minimum atomic E-state index is 0.105. The first-order valence-electron chi connectivity index (χ1n) is 6.60. The van der Waals surface area contributed by atoms with Crippen molar-refractivity contribution in [2.24, 2.45) is 0 Å². The molecule has 1 heterocycles. The van der Waals surface area contributed by atoms with E-state index in [0.717, 1.165) is 16.7 Å². The smallest absolute Gasteiger partial charge is 0.227 e. The largest absolute Gasteiger partial charge is 0.436 e. The first kappa shape index (κ1) is 13.2. The third kappa shape index (κ3) is 2.44. The second-order valence-corrected chi connectivity index (χ2v) is 6.39. The Morgan fingerprint density at radius 2 is 1.70 bits per heavy atom. The number of halogens is 1. The van der Waals surface area contributed by atoms with Crippen LogP contribution in [-0.4, -0.2) is 4.98 Å². The van der Waals surface area contributed by atoms with E-state index in [9.17, 15) is 0 Å². The van der Waals surface area contributed by atoms with Crippen molar-refractivity contribution >= 4 is 22.7 Å². The Labute approximate surface area is 123 Å². The zero-order valence-electron chi connectivity index (χ0n) is 11.8. The van der Waals surface area contributed by atoms with Crippen molar-refractivity contribution in [1.29, 1.82) is 0 Å². The van der Waals surface area contributed by atoms with Gasteiger partial charge in [-0.1, -0.05) is 38.4 Å². The van der Waals surface area contributed by atoms with E-state index in [4.69, 9.17) is 16.0 Å². The van der Waals surface area contributed by atoms with Crippen molar-refractivity contribution in [3.8, 4) is 11.5 Å². The normalized spacial score (nSPS) is 12.0. The van der Waals surface area contributed by atoms with Gasteiger partial charge in [0.25, 0.3) is 0 Å². The summed E-state index contributed by atoms with van der Waals surface area (Å²) in [5.74, 6) is 0.628. The molecule has 0 atom stereocenters. The van der Waals surface area contributed by atoms with E-state index in [2.05, 4.69) is 37.9 Å². The van der Waals surface area contributed by atoms with Crippen molar-refractivity contribution in [2.75, 3.05) is 0 Å². The zero-order chi connectivity index (χ0) is 14.3. The van der Waals surface area contributed by atoms with Gasteiger partial charge in [-0.05, 0) is 47.4 Å². The molecule has 0 radical (unpaired) electrons. The van der Waals surface area contributed by atoms with Crippen LogP contribution in [0.5, 0.6) is 0 Å². The van der Waals surface area contributed by atoms with Crippen LogP contribution in [0.25, 0.3) is 22.6 Å². The molecule has 0 N–H and O–H groups in total. The summed E-state index contributed by atoms with van der Waals surface area (Å²) in [5, 5.41) is 0.708. The highest BCUT2D eigenvalue weighted by Gasteiger charge is 2.16. The van der Waals surface area contributed by atoms with E-state index >= 15 is 0 Å². The molecule has 3 rings (SSSR count). The average Bonchev–Trinajstić information content (AvgIpc) is 2.81. The van der Waals surface area contributed by atoms with Crippen LogP contribution in [0.2, 0.25) is 5.02 Å². The number of fused-ring (bicyclic) bond motifs is 1. The van der Waals surface area contributed by atoms with Gasteiger partial charge in [-0.25, -0.2) is 4.98 Å². The van der Waals surface area contributed by atoms with E-state index in [0.29, 0.717) is 10.9 Å². The van der Waals surface area contributed by atoms with Crippen LogP contribution in [0.15, 0.2) is 46.9 Å². The van der Waals surface area contributed by atoms with Crippen molar-refractivity contribution in [2.45, 2.75) is 26.2 Å². The van der Waals surface area contributed by atoms with E-state index in [1.165, 1.54) is 5.56 Å². The van der Waals surface area contributed by atoms with Crippen LogP contribution in [0.4, 0.5) is 0 Å². The summed E-state index contributed by atoms with van der Waals surface area (Å²) in [6, 6.07) is 13.7. The maximum absolute atomic E-state index is 5.90. The monoisotopic (exact) mass is 285 g/mol. The molecule has 0 unspecified atom stereocenters. The van der Waals surface area contributed by atoms with E-state index < -0.39 is 0 Å². The van der Waals surface area contributed by atoms with Crippen LogP contribution < -0.4 is 0 Å². The summed E-state index contributed by atoms with van der Waals surface area (Å²) in [4.78, 5) is 4.58. The molecule has 0 saturated heterocycles. The number of hydrogen-bond donors (Lipinski definition) is 0. The Kier molecular flexibility index (Phi) is 3.06.